The van der Waals surface area contributed by atoms with Crippen molar-refractivity contribution in [2.45, 2.75) is 19.5 Å². The first-order valence-electron chi connectivity index (χ1n) is 10.7. The molecule has 1 amide bonds. The Hall–Kier alpha value is -3.29. The fourth-order valence-corrected chi connectivity index (χ4v) is 3.77. The fraction of sp³-hybridized carbons (Fsp3) is 0.280. The largest absolute Gasteiger partial charge is 0.439 e. The molecule has 0 aliphatic carbocycles. The highest BCUT2D eigenvalue weighted by atomic mass is 19.1. The molecular formula is C25H27FN4O2. The number of aromatic nitrogens is 1. The molecule has 2 heterocycles. The Morgan fingerprint density at radius 2 is 2.03 bits per heavy atom. The third-order valence-electron chi connectivity index (χ3n) is 5.49. The number of nitrogens with one attached hydrogen (secondary N) is 1. The van der Waals surface area contributed by atoms with Crippen molar-refractivity contribution in [2.24, 2.45) is 0 Å². The second-order valence-corrected chi connectivity index (χ2v) is 8.07. The van der Waals surface area contributed by atoms with Gasteiger partial charge in [0.1, 0.15) is 11.6 Å². The Labute approximate surface area is 187 Å². The molecule has 1 aliphatic rings. The summed E-state index contributed by atoms with van der Waals surface area (Å²) in [6.07, 6.45) is 1.47. The van der Waals surface area contributed by atoms with Crippen molar-refractivity contribution in [3.8, 4) is 11.6 Å². The highest BCUT2D eigenvalue weighted by Gasteiger charge is 2.17. The summed E-state index contributed by atoms with van der Waals surface area (Å²) in [5.41, 5.74) is 2.48. The van der Waals surface area contributed by atoms with E-state index in [0.717, 1.165) is 31.9 Å². The van der Waals surface area contributed by atoms with Crippen LogP contribution in [0.4, 0.5) is 10.1 Å². The van der Waals surface area contributed by atoms with E-state index >= 15 is 0 Å². The molecule has 1 saturated heterocycles. The Balaban J connectivity index is 1.37. The lowest BCUT2D eigenvalue weighted by molar-refractivity contribution is 0.0992. The van der Waals surface area contributed by atoms with Gasteiger partial charge in [-0.25, -0.2) is 9.37 Å². The van der Waals surface area contributed by atoms with E-state index in [1.807, 2.05) is 12.1 Å². The maximum absolute atomic E-state index is 13.3. The van der Waals surface area contributed by atoms with E-state index < -0.39 is 0 Å². The quantitative estimate of drug-likeness (QED) is 0.634. The molecule has 0 bridgehead atoms. The molecule has 1 aliphatic heterocycles. The van der Waals surface area contributed by atoms with Crippen LogP contribution >= 0.6 is 0 Å². The van der Waals surface area contributed by atoms with Gasteiger partial charge in [0.15, 0.2) is 0 Å². The van der Waals surface area contributed by atoms with Gasteiger partial charge < -0.3 is 15.0 Å². The van der Waals surface area contributed by atoms with Crippen molar-refractivity contribution in [1.29, 1.82) is 0 Å². The summed E-state index contributed by atoms with van der Waals surface area (Å²) in [6, 6.07) is 17.7. The van der Waals surface area contributed by atoms with Gasteiger partial charge >= 0.3 is 0 Å². The third-order valence-corrected chi connectivity index (χ3v) is 5.49. The maximum atomic E-state index is 13.3. The van der Waals surface area contributed by atoms with Gasteiger partial charge in [-0.3, -0.25) is 9.69 Å². The minimum absolute atomic E-state index is 0.168. The fourth-order valence-electron chi connectivity index (χ4n) is 3.77. The molecule has 3 aromatic rings. The molecule has 1 fully saturated rings. The first kappa shape index (κ1) is 21.9. The van der Waals surface area contributed by atoms with Crippen molar-refractivity contribution < 1.29 is 13.9 Å². The molecule has 0 spiro atoms. The molecule has 6 nitrogen and oxygen atoms in total. The van der Waals surface area contributed by atoms with E-state index in [1.165, 1.54) is 23.9 Å². The monoisotopic (exact) mass is 434 g/mol. The van der Waals surface area contributed by atoms with Crippen LogP contribution < -0.4 is 15.0 Å². The Bertz CT molecular complexity index is 1060. The van der Waals surface area contributed by atoms with Crippen LogP contribution in [0.2, 0.25) is 0 Å². The molecule has 2 aromatic carbocycles. The average Bonchev–Trinajstić information content (AvgIpc) is 2.79. The standard InChI is InChI=1S/C25H27FN4O2/c1-18-16-30(13-12-27-18)17-19-6-9-22(10-7-19)29(2)25(31)20-8-11-24(28-15-20)32-23-5-3-4-21(26)14-23/h3-11,14-15,18,27H,12-13,16-17H2,1-2H3/t18-/m0/s1. The van der Waals surface area contributed by atoms with Crippen LogP contribution in [-0.2, 0) is 6.54 Å². The van der Waals surface area contributed by atoms with Crippen molar-refractivity contribution >= 4 is 11.6 Å². The van der Waals surface area contributed by atoms with E-state index in [1.54, 1.807) is 36.2 Å². The van der Waals surface area contributed by atoms with Crippen LogP contribution in [0.1, 0.15) is 22.8 Å². The number of carbonyl (C=O) groups is 1. The zero-order valence-electron chi connectivity index (χ0n) is 18.3. The molecule has 0 saturated carbocycles. The molecule has 1 N–H and O–H groups in total. The Kier molecular flexibility index (Phi) is 6.78. The van der Waals surface area contributed by atoms with Gasteiger partial charge in [-0.1, -0.05) is 18.2 Å². The number of benzene rings is 2. The maximum Gasteiger partial charge on any atom is 0.259 e. The van der Waals surface area contributed by atoms with Gasteiger partial charge in [0.2, 0.25) is 5.88 Å². The summed E-state index contributed by atoms with van der Waals surface area (Å²) in [5.74, 6) is 0.0911. The topological polar surface area (TPSA) is 57.7 Å². The number of rotatable bonds is 6. The number of halogens is 1. The second kappa shape index (κ2) is 9.89. The normalized spacial score (nSPS) is 16.5. The van der Waals surface area contributed by atoms with Gasteiger partial charge in [-0.2, -0.15) is 0 Å². The molecule has 0 radical (unpaired) electrons. The van der Waals surface area contributed by atoms with Gasteiger partial charge in [0, 0.05) is 63.3 Å². The van der Waals surface area contributed by atoms with E-state index in [-0.39, 0.29) is 11.7 Å². The molecule has 4 rings (SSSR count). The smallest absolute Gasteiger partial charge is 0.259 e. The molecule has 1 aromatic heterocycles. The number of hydrogen-bond acceptors (Lipinski definition) is 5. The van der Waals surface area contributed by atoms with E-state index in [9.17, 15) is 9.18 Å². The van der Waals surface area contributed by atoms with E-state index in [2.05, 4.69) is 34.3 Å². The van der Waals surface area contributed by atoms with Crippen molar-refractivity contribution in [2.75, 3.05) is 31.6 Å². The average molecular weight is 435 g/mol. The first-order chi connectivity index (χ1) is 15.5. The first-order valence-corrected chi connectivity index (χ1v) is 10.7. The van der Waals surface area contributed by atoms with Gasteiger partial charge in [0.05, 0.1) is 5.56 Å². The lowest BCUT2D eigenvalue weighted by Gasteiger charge is -2.31. The summed E-state index contributed by atoms with van der Waals surface area (Å²) in [4.78, 5) is 21.1. The van der Waals surface area contributed by atoms with E-state index in [0.29, 0.717) is 23.2 Å². The lowest BCUT2D eigenvalue weighted by Crippen LogP contribution is -2.48. The van der Waals surface area contributed by atoms with Crippen molar-refractivity contribution in [1.82, 2.24) is 15.2 Å². The van der Waals surface area contributed by atoms with Gasteiger partial charge in [-0.15, -0.1) is 0 Å². The number of amides is 1. The Morgan fingerprint density at radius 1 is 1.22 bits per heavy atom. The van der Waals surface area contributed by atoms with Crippen molar-refractivity contribution in [3.05, 3.63) is 83.8 Å². The number of hydrogen-bond donors (Lipinski definition) is 1. The summed E-state index contributed by atoms with van der Waals surface area (Å²) < 4.78 is 18.8. The zero-order chi connectivity index (χ0) is 22.5. The predicted molar refractivity (Wildman–Crippen MR) is 123 cm³/mol. The minimum Gasteiger partial charge on any atom is -0.439 e. The second-order valence-electron chi connectivity index (χ2n) is 8.07. The SMILES string of the molecule is C[C@H]1CN(Cc2ccc(N(C)C(=O)c3ccc(Oc4cccc(F)c4)nc3)cc2)CCN1. The Morgan fingerprint density at radius 3 is 2.72 bits per heavy atom. The minimum atomic E-state index is -0.385. The van der Waals surface area contributed by atoms with Crippen LogP contribution in [0, 0.1) is 5.82 Å². The zero-order valence-corrected chi connectivity index (χ0v) is 18.3. The number of piperazine rings is 1. The molecular weight excluding hydrogens is 407 g/mol. The molecule has 7 heteroatoms. The summed E-state index contributed by atoms with van der Waals surface area (Å²) in [6.45, 7) is 6.19. The summed E-state index contributed by atoms with van der Waals surface area (Å²) in [5, 5.41) is 3.45. The number of anilines is 1. The highest BCUT2D eigenvalue weighted by molar-refractivity contribution is 6.05. The van der Waals surface area contributed by atoms with Gasteiger partial charge in [-0.05, 0) is 42.8 Å². The highest BCUT2D eigenvalue weighted by Crippen LogP contribution is 2.22. The molecule has 32 heavy (non-hydrogen) atoms. The number of carbonyl (C=O) groups excluding carboxylic acids is 1. The van der Waals surface area contributed by atoms with Crippen LogP contribution in [0.25, 0.3) is 0 Å². The third kappa shape index (κ3) is 5.49. The predicted octanol–water partition coefficient (Wildman–Crippen LogP) is 4.08. The van der Waals surface area contributed by atoms with Crippen molar-refractivity contribution in [3.63, 3.8) is 0 Å². The number of ether oxygens (including phenoxy) is 1. The van der Waals surface area contributed by atoms with E-state index in [4.69, 9.17) is 4.74 Å². The van der Waals surface area contributed by atoms with Gasteiger partial charge in [0.25, 0.3) is 5.91 Å². The van der Waals surface area contributed by atoms with Crippen LogP contribution in [0.3, 0.4) is 0 Å². The molecule has 166 valence electrons. The van der Waals surface area contributed by atoms with Crippen LogP contribution in [0.5, 0.6) is 11.6 Å². The number of pyridine rings is 1. The summed E-state index contributed by atoms with van der Waals surface area (Å²) in [7, 11) is 1.74. The van der Waals surface area contributed by atoms with Crippen LogP contribution in [-0.4, -0.2) is 48.5 Å². The number of nitrogens with zero attached hydrogens (tertiary/aromatic N) is 3. The molecule has 1 atom stereocenters. The summed E-state index contributed by atoms with van der Waals surface area (Å²) >= 11 is 0. The molecule has 0 unspecified atom stereocenters. The van der Waals surface area contributed by atoms with Crippen LogP contribution in [0.15, 0.2) is 66.9 Å². The lowest BCUT2D eigenvalue weighted by atomic mass is 10.1.